The molecule has 1 N–H and O–H groups in total. The van der Waals surface area contributed by atoms with E-state index in [1.807, 2.05) is 25.1 Å². The van der Waals surface area contributed by atoms with Crippen molar-refractivity contribution < 1.29 is 4.79 Å². The fourth-order valence-corrected chi connectivity index (χ4v) is 4.08. The Hall–Kier alpha value is -3.08. The van der Waals surface area contributed by atoms with Gasteiger partial charge in [-0.1, -0.05) is 30.3 Å². The van der Waals surface area contributed by atoms with Crippen molar-refractivity contribution in [2.75, 3.05) is 18.0 Å². The van der Waals surface area contributed by atoms with Crippen LogP contribution in [0.4, 0.5) is 5.69 Å². The fourth-order valence-electron chi connectivity index (χ4n) is 4.08. The van der Waals surface area contributed by atoms with Gasteiger partial charge in [-0.25, -0.2) is 0 Å². The number of carbonyl (C=O) groups excluding carboxylic acids is 1. The van der Waals surface area contributed by atoms with Crippen molar-refractivity contribution >= 4 is 22.4 Å². The van der Waals surface area contributed by atoms with Crippen molar-refractivity contribution in [3.63, 3.8) is 0 Å². The van der Waals surface area contributed by atoms with Gasteiger partial charge in [-0.15, -0.1) is 0 Å². The van der Waals surface area contributed by atoms with E-state index in [-0.39, 0.29) is 17.5 Å². The number of piperidine rings is 1. The summed E-state index contributed by atoms with van der Waals surface area (Å²) in [6.45, 7) is 4.22. The second kappa shape index (κ2) is 8.11. The van der Waals surface area contributed by atoms with Gasteiger partial charge < -0.3 is 14.8 Å². The third-order valence-corrected chi connectivity index (χ3v) is 5.80. The molecule has 0 aliphatic carbocycles. The summed E-state index contributed by atoms with van der Waals surface area (Å²) in [4.78, 5) is 27.7. The van der Waals surface area contributed by atoms with Crippen molar-refractivity contribution in [2.45, 2.75) is 32.2 Å². The number of amides is 1. The molecule has 1 atom stereocenters. The number of aromatic nitrogens is 1. The fraction of sp³-hybridized carbons (Fsp3) is 0.333. The maximum atomic E-state index is 13.0. The number of carbonyl (C=O) groups is 1. The molecule has 1 unspecified atom stereocenters. The van der Waals surface area contributed by atoms with Gasteiger partial charge >= 0.3 is 0 Å². The maximum absolute atomic E-state index is 13.0. The van der Waals surface area contributed by atoms with Gasteiger partial charge in [0.1, 0.15) is 0 Å². The zero-order valence-electron chi connectivity index (χ0n) is 17.0. The lowest BCUT2D eigenvalue weighted by atomic mass is 10.0. The summed E-state index contributed by atoms with van der Waals surface area (Å²) in [5.74, 6) is -0.176. The number of rotatable bonds is 4. The number of hydrogen-bond acceptors (Lipinski definition) is 3. The summed E-state index contributed by atoms with van der Waals surface area (Å²) >= 11 is 0. The van der Waals surface area contributed by atoms with Crippen LogP contribution in [0, 0.1) is 0 Å². The molecule has 5 nitrogen and oxygen atoms in total. The van der Waals surface area contributed by atoms with E-state index in [4.69, 9.17) is 0 Å². The normalized spacial score (nSPS) is 15.3. The first-order chi connectivity index (χ1) is 14.0. The van der Waals surface area contributed by atoms with Crippen LogP contribution < -0.4 is 15.8 Å². The molecule has 1 aliphatic rings. The molecule has 0 saturated carbocycles. The van der Waals surface area contributed by atoms with Gasteiger partial charge in [0.15, 0.2) is 0 Å². The molecule has 1 saturated heterocycles. The van der Waals surface area contributed by atoms with Gasteiger partial charge in [-0.05, 0) is 49.9 Å². The van der Waals surface area contributed by atoms with Crippen molar-refractivity contribution in [1.29, 1.82) is 0 Å². The maximum Gasteiger partial charge on any atom is 0.258 e. The smallest absolute Gasteiger partial charge is 0.258 e. The van der Waals surface area contributed by atoms with Crippen LogP contribution in [-0.4, -0.2) is 23.6 Å². The lowest BCUT2D eigenvalue weighted by Gasteiger charge is -2.29. The van der Waals surface area contributed by atoms with E-state index in [0.29, 0.717) is 16.3 Å². The highest BCUT2D eigenvalue weighted by atomic mass is 16.2. The van der Waals surface area contributed by atoms with Gasteiger partial charge in [0.05, 0.1) is 11.6 Å². The Kier molecular flexibility index (Phi) is 5.38. The summed E-state index contributed by atoms with van der Waals surface area (Å²) in [7, 11) is 1.67. The van der Waals surface area contributed by atoms with E-state index < -0.39 is 0 Å². The minimum absolute atomic E-state index is 0.0986. The first-order valence-corrected chi connectivity index (χ1v) is 10.3. The van der Waals surface area contributed by atoms with E-state index in [1.54, 1.807) is 19.3 Å². The van der Waals surface area contributed by atoms with Gasteiger partial charge in [-0.2, -0.15) is 0 Å². The Balaban J connectivity index is 1.53. The highest BCUT2D eigenvalue weighted by molar-refractivity contribution is 6.06. The topological polar surface area (TPSA) is 54.3 Å². The number of benzene rings is 2. The van der Waals surface area contributed by atoms with Crippen LogP contribution in [0.1, 0.15) is 48.1 Å². The van der Waals surface area contributed by atoms with Gasteiger partial charge in [0.25, 0.3) is 11.5 Å². The summed E-state index contributed by atoms with van der Waals surface area (Å²) in [6, 6.07) is 15.6. The van der Waals surface area contributed by atoms with E-state index in [0.717, 1.165) is 18.7 Å². The first-order valence-electron chi connectivity index (χ1n) is 10.3. The minimum atomic E-state index is -0.176. The summed E-state index contributed by atoms with van der Waals surface area (Å²) < 4.78 is 1.47. The molecule has 0 spiro atoms. The average molecular weight is 389 g/mol. The summed E-state index contributed by atoms with van der Waals surface area (Å²) in [5.41, 5.74) is 2.72. The highest BCUT2D eigenvalue weighted by Crippen LogP contribution is 2.23. The van der Waals surface area contributed by atoms with Crippen molar-refractivity contribution in [3.8, 4) is 0 Å². The number of anilines is 1. The molecule has 1 amide bonds. The molecule has 1 aromatic heterocycles. The molecular formula is C24H27N3O2. The lowest BCUT2D eigenvalue weighted by molar-refractivity contribution is 0.0941. The van der Waals surface area contributed by atoms with E-state index in [2.05, 4.69) is 34.5 Å². The largest absolute Gasteiger partial charge is 0.372 e. The van der Waals surface area contributed by atoms with Crippen LogP contribution >= 0.6 is 0 Å². The number of nitrogens with zero attached hydrogens (tertiary/aromatic N) is 2. The quantitative estimate of drug-likeness (QED) is 0.733. The van der Waals surface area contributed by atoms with Gasteiger partial charge in [-0.3, -0.25) is 9.59 Å². The van der Waals surface area contributed by atoms with Crippen LogP contribution in [0.25, 0.3) is 10.8 Å². The second-order valence-corrected chi connectivity index (χ2v) is 7.84. The standard InChI is InChI=1S/C24H27N3O2/c1-17(18-10-12-19(13-11-18)27-14-6-3-7-15-27)25-23(28)22-16-26(2)24(29)21-9-5-4-8-20(21)22/h4-5,8-13,16-17H,3,6-7,14-15H2,1-2H3,(H,25,28). The molecule has 3 aromatic rings. The summed E-state index contributed by atoms with van der Waals surface area (Å²) in [5, 5.41) is 4.32. The molecule has 29 heavy (non-hydrogen) atoms. The molecule has 2 heterocycles. The number of aryl methyl sites for hydroxylation is 1. The Morgan fingerprint density at radius 1 is 0.966 bits per heavy atom. The Labute approximate surface area is 171 Å². The first kappa shape index (κ1) is 19.2. The van der Waals surface area contributed by atoms with Crippen LogP contribution in [0.3, 0.4) is 0 Å². The monoisotopic (exact) mass is 389 g/mol. The van der Waals surface area contributed by atoms with Crippen molar-refractivity contribution in [1.82, 2.24) is 9.88 Å². The van der Waals surface area contributed by atoms with Crippen molar-refractivity contribution in [3.05, 3.63) is 76.2 Å². The zero-order chi connectivity index (χ0) is 20.4. The lowest BCUT2D eigenvalue weighted by Crippen LogP contribution is -2.30. The molecule has 0 radical (unpaired) electrons. The number of pyridine rings is 1. The Morgan fingerprint density at radius 2 is 1.62 bits per heavy atom. The molecule has 4 rings (SSSR count). The second-order valence-electron chi connectivity index (χ2n) is 7.84. The molecule has 150 valence electrons. The minimum Gasteiger partial charge on any atom is -0.372 e. The molecule has 0 bridgehead atoms. The molecule has 1 fully saturated rings. The molecule has 2 aromatic carbocycles. The highest BCUT2D eigenvalue weighted by Gasteiger charge is 2.17. The van der Waals surface area contributed by atoms with E-state index >= 15 is 0 Å². The molecule has 1 aliphatic heterocycles. The summed E-state index contributed by atoms with van der Waals surface area (Å²) in [6.07, 6.45) is 5.44. The molecular weight excluding hydrogens is 362 g/mol. The van der Waals surface area contributed by atoms with Crippen LogP contribution in [0.15, 0.2) is 59.5 Å². The predicted octanol–water partition coefficient (Wildman–Crippen LogP) is 4.02. The number of fused-ring (bicyclic) bond motifs is 1. The number of hydrogen-bond donors (Lipinski definition) is 1. The SMILES string of the molecule is CC(NC(=O)c1cn(C)c(=O)c2ccccc12)c1ccc(N2CCCCC2)cc1. The van der Waals surface area contributed by atoms with Crippen LogP contribution in [-0.2, 0) is 7.05 Å². The van der Waals surface area contributed by atoms with E-state index in [1.165, 1.54) is 29.5 Å². The van der Waals surface area contributed by atoms with E-state index in [9.17, 15) is 9.59 Å². The third-order valence-electron chi connectivity index (χ3n) is 5.80. The Morgan fingerprint density at radius 3 is 2.31 bits per heavy atom. The predicted molar refractivity (Wildman–Crippen MR) is 118 cm³/mol. The zero-order valence-corrected chi connectivity index (χ0v) is 17.0. The molecule has 5 heteroatoms. The van der Waals surface area contributed by atoms with Crippen LogP contribution in [0.5, 0.6) is 0 Å². The van der Waals surface area contributed by atoms with Crippen LogP contribution in [0.2, 0.25) is 0 Å². The number of nitrogens with one attached hydrogen (secondary N) is 1. The van der Waals surface area contributed by atoms with Gasteiger partial charge in [0.2, 0.25) is 0 Å². The van der Waals surface area contributed by atoms with Crippen molar-refractivity contribution in [2.24, 2.45) is 7.05 Å². The van der Waals surface area contributed by atoms with Gasteiger partial charge in [0, 0.05) is 42.8 Å². The third kappa shape index (κ3) is 3.90. The average Bonchev–Trinajstić information content (AvgIpc) is 2.77. The Bertz CT molecular complexity index is 1080.